The summed E-state index contributed by atoms with van der Waals surface area (Å²) in [5, 5.41) is 12.7. The van der Waals surface area contributed by atoms with Gasteiger partial charge in [0.05, 0.1) is 5.75 Å². The van der Waals surface area contributed by atoms with Crippen LogP contribution in [0, 0.1) is 0 Å². The number of amides is 1. The minimum Gasteiger partial charge on any atom is -0.486 e. The summed E-state index contributed by atoms with van der Waals surface area (Å²) in [6.07, 6.45) is 0.970. The maximum Gasteiger partial charge on any atom is 0.230 e. The average molecular weight is 445 g/mol. The summed E-state index contributed by atoms with van der Waals surface area (Å²) >= 11 is 7.24. The molecule has 3 rings (SSSR count). The molecule has 0 radical (unpaired) electrons. The van der Waals surface area contributed by atoms with E-state index in [0.29, 0.717) is 34.2 Å². The van der Waals surface area contributed by atoms with Crippen molar-refractivity contribution in [3.05, 3.63) is 71.0 Å². The first-order valence-electron chi connectivity index (χ1n) is 9.78. The molecule has 0 spiro atoms. The first kappa shape index (κ1) is 22.2. The smallest absolute Gasteiger partial charge is 0.230 e. The van der Waals surface area contributed by atoms with Crippen LogP contribution in [0.3, 0.4) is 0 Å². The van der Waals surface area contributed by atoms with Crippen LogP contribution in [-0.2, 0) is 18.4 Å². The second-order valence-electron chi connectivity index (χ2n) is 6.81. The minimum atomic E-state index is -0.0173. The molecule has 0 bridgehead atoms. The summed E-state index contributed by atoms with van der Waals surface area (Å²) < 4.78 is 7.56. The summed E-state index contributed by atoms with van der Waals surface area (Å²) in [6.45, 7) is 3.04. The number of hydrogen-bond acceptors (Lipinski definition) is 5. The first-order chi connectivity index (χ1) is 14.6. The molecule has 0 aliphatic rings. The molecule has 1 N–H and O–H groups in total. The topological polar surface area (TPSA) is 69.0 Å². The molecule has 0 aliphatic heterocycles. The van der Waals surface area contributed by atoms with E-state index >= 15 is 0 Å². The first-order valence-corrected chi connectivity index (χ1v) is 11.1. The van der Waals surface area contributed by atoms with Crippen LogP contribution in [-0.4, -0.2) is 33.0 Å². The number of carbonyl (C=O) groups is 1. The number of aromatic nitrogens is 3. The molecule has 2 aromatic carbocycles. The third kappa shape index (κ3) is 6.24. The second kappa shape index (κ2) is 11.0. The fourth-order valence-electron chi connectivity index (χ4n) is 2.92. The zero-order valence-electron chi connectivity index (χ0n) is 17.0. The SMILES string of the molecule is CCC(CNC(=O)CSc1nnc(COc2ccc(Cl)cc2)n1C)c1ccccc1. The monoisotopic (exact) mass is 444 g/mol. The van der Waals surface area contributed by atoms with Crippen LogP contribution >= 0.6 is 23.4 Å². The predicted octanol–water partition coefficient (Wildman–Crippen LogP) is 4.45. The largest absolute Gasteiger partial charge is 0.486 e. The molecule has 0 aliphatic carbocycles. The lowest BCUT2D eigenvalue weighted by molar-refractivity contribution is -0.118. The highest BCUT2D eigenvalue weighted by atomic mass is 35.5. The van der Waals surface area contributed by atoms with Gasteiger partial charge in [-0.3, -0.25) is 4.79 Å². The highest BCUT2D eigenvalue weighted by molar-refractivity contribution is 7.99. The Morgan fingerprint density at radius 1 is 1.17 bits per heavy atom. The van der Waals surface area contributed by atoms with Crippen molar-refractivity contribution in [3.63, 3.8) is 0 Å². The molecule has 0 saturated heterocycles. The third-order valence-electron chi connectivity index (χ3n) is 4.75. The third-order valence-corrected chi connectivity index (χ3v) is 6.02. The van der Waals surface area contributed by atoms with Gasteiger partial charge in [0, 0.05) is 24.5 Å². The fraction of sp³-hybridized carbons (Fsp3) is 0.318. The van der Waals surface area contributed by atoms with Crippen molar-refractivity contribution >= 4 is 29.3 Å². The molecule has 6 nitrogen and oxygen atoms in total. The number of thioether (sulfide) groups is 1. The van der Waals surface area contributed by atoms with E-state index in [0.717, 1.165) is 6.42 Å². The van der Waals surface area contributed by atoms with E-state index in [4.69, 9.17) is 16.3 Å². The number of benzene rings is 2. The Balaban J connectivity index is 1.46. The summed E-state index contributed by atoms with van der Waals surface area (Å²) in [5.41, 5.74) is 1.24. The van der Waals surface area contributed by atoms with Gasteiger partial charge in [-0.05, 0) is 36.2 Å². The Labute approximate surface area is 186 Å². The summed E-state index contributed by atoms with van der Waals surface area (Å²) in [6, 6.07) is 17.4. The average Bonchev–Trinajstić information content (AvgIpc) is 3.12. The Kier molecular flexibility index (Phi) is 8.16. The van der Waals surface area contributed by atoms with Gasteiger partial charge in [-0.1, -0.05) is 60.6 Å². The van der Waals surface area contributed by atoms with Crippen molar-refractivity contribution in [2.24, 2.45) is 7.05 Å². The van der Waals surface area contributed by atoms with Gasteiger partial charge in [0.1, 0.15) is 12.4 Å². The maximum absolute atomic E-state index is 12.3. The number of rotatable bonds is 10. The summed E-state index contributed by atoms with van der Waals surface area (Å²) in [7, 11) is 1.86. The number of hydrogen-bond donors (Lipinski definition) is 1. The number of nitrogens with one attached hydrogen (secondary N) is 1. The maximum atomic E-state index is 12.3. The van der Waals surface area contributed by atoms with E-state index in [2.05, 4.69) is 34.6 Å². The van der Waals surface area contributed by atoms with E-state index < -0.39 is 0 Å². The van der Waals surface area contributed by atoms with E-state index in [1.807, 2.05) is 29.8 Å². The Morgan fingerprint density at radius 2 is 1.90 bits per heavy atom. The van der Waals surface area contributed by atoms with Crippen LogP contribution in [0.15, 0.2) is 59.8 Å². The fourth-order valence-corrected chi connectivity index (χ4v) is 3.80. The minimum absolute atomic E-state index is 0.0173. The molecule has 1 heterocycles. The van der Waals surface area contributed by atoms with Crippen LogP contribution in [0.4, 0.5) is 0 Å². The Bertz CT molecular complexity index is 948. The molecule has 1 aromatic heterocycles. The normalized spacial score (nSPS) is 11.8. The van der Waals surface area contributed by atoms with E-state index in [1.165, 1.54) is 17.3 Å². The predicted molar refractivity (Wildman–Crippen MR) is 120 cm³/mol. The lowest BCUT2D eigenvalue weighted by Gasteiger charge is -2.16. The standard InChI is InChI=1S/C22H25ClN4O2S/c1-3-16(17-7-5-4-6-8-17)13-24-21(28)15-30-22-26-25-20(27(22)2)14-29-19-11-9-18(23)10-12-19/h4-12,16H,3,13-15H2,1-2H3,(H,24,28). The highest BCUT2D eigenvalue weighted by Crippen LogP contribution is 2.20. The molecule has 8 heteroatoms. The van der Waals surface area contributed by atoms with Crippen molar-refractivity contribution in [1.82, 2.24) is 20.1 Å². The van der Waals surface area contributed by atoms with Gasteiger partial charge in [-0.2, -0.15) is 0 Å². The van der Waals surface area contributed by atoms with Crippen LogP contribution in [0.1, 0.15) is 30.7 Å². The Hall–Kier alpha value is -2.51. The molecular weight excluding hydrogens is 420 g/mol. The van der Waals surface area contributed by atoms with Gasteiger partial charge in [0.25, 0.3) is 0 Å². The van der Waals surface area contributed by atoms with Crippen molar-refractivity contribution in [3.8, 4) is 5.75 Å². The van der Waals surface area contributed by atoms with Gasteiger partial charge in [0.15, 0.2) is 11.0 Å². The second-order valence-corrected chi connectivity index (χ2v) is 8.19. The van der Waals surface area contributed by atoms with E-state index in [-0.39, 0.29) is 18.3 Å². The summed E-state index contributed by atoms with van der Waals surface area (Å²) in [4.78, 5) is 12.3. The van der Waals surface area contributed by atoms with Crippen molar-refractivity contribution in [1.29, 1.82) is 0 Å². The molecule has 3 aromatic rings. The molecule has 1 atom stereocenters. The van der Waals surface area contributed by atoms with Crippen LogP contribution in [0.25, 0.3) is 0 Å². The van der Waals surface area contributed by atoms with Gasteiger partial charge in [-0.25, -0.2) is 0 Å². The molecule has 1 unspecified atom stereocenters. The Morgan fingerprint density at radius 3 is 2.60 bits per heavy atom. The van der Waals surface area contributed by atoms with Crippen molar-refractivity contribution in [2.45, 2.75) is 31.0 Å². The van der Waals surface area contributed by atoms with Crippen molar-refractivity contribution in [2.75, 3.05) is 12.3 Å². The molecule has 30 heavy (non-hydrogen) atoms. The van der Waals surface area contributed by atoms with Crippen LogP contribution in [0.2, 0.25) is 5.02 Å². The van der Waals surface area contributed by atoms with Gasteiger partial charge in [0.2, 0.25) is 5.91 Å². The van der Waals surface area contributed by atoms with Gasteiger partial charge in [-0.15, -0.1) is 10.2 Å². The zero-order valence-corrected chi connectivity index (χ0v) is 18.6. The lowest BCUT2D eigenvalue weighted by Crippen LogP contribution is -2.29. The highest BCUT2D eigenvalue weighted by Gasteiger charge is 2.14. The van der Waals surface area contributed by atoms with Gasteiger partial charge >= 0.3 is 0 Å². The molecule has 0 fully saturated rings. The zero-order chi connectivity index (χ0) is 21.3. The number of carbonyl (C=O) groups excluding carboxylic acids is 1. The number of halogens is 1. The molecule has 0 saturated carbocycles. The lowest BCUT2D eigenvalue weighted by atomic mass is 9.96. The molecule has 158 valence electrons. The number of ether oxygens (including phenoxy) is 1. The summed E-state index contributed by atoms with van der Waals surface area (Å²) in [5.74, 6) is 1.97. The van der Waals surface area contributed by atoms with E-state index in [9.17, 15) is 4.79 Å². The molecule has 1 amide bonds. The molecular formula is C22H25ClN4O2S. The van der Waals surface area contributed by atoms with Crippen LogP contribution in [0.5, 0.6) is 5.75 Å². The van der Waals surface area contributed by atoms with Crippen molar-refractivity contribution < 1.29 is 9.53 Å². The van der Waals surface area contributed by atoms with E-state index in [1.54, 1.807) is 24.3 Å². The van der Waals surface area contributed by atoms with Crippen LogP contribution < -0.4 is 10.1 Å². The quantitative estimate of drug-likeness (QED) is 0.468. The van der Waals surface area contributed by atoms with Gasteiger partial charge < -0.3 is 14.6 Å². The number of nitrogens with zero attached hydrogens (tertiary/aromatic N) is 3.